The minimum atomic E-state index is 0.703. The molecule has 3 heteroatoms. The zero-order valence-corrected chi connectivity index (χ0v) is 10.1. The Hall–Kier alpha value is -1.35. The third-order valence-electron chi connectivity index (χ3n) is 2.81. The molecule has 1 fully saturated rings. The molecule has 0 aliphatic heterocycles. The lowest BCUT2D eigenvalue weighted by Crippen LogP contribution is -2.14. The van der Waals surface area contributed by atoms with Gasteiger partial charge in [0.25, 0.3) is 0 Å². The van der Waals surface area contributed by atoms with Crippen molar-refractivity contribution in [1.82, 2.24) is 4.57 Å². The molecule has 2 aromatic rings. The van der Waals surface area contributed by atoms with Crippen molar-refractivity contribution in [1.29, 1.82) is 0 Å². The number of aromatic nitrogens is 1. The van der Waals surface area contributed by atoms with E-state index in [1.165, 1.54) is 18.5 Å². The molecule has 1 aliphatic rings. The molecule has 0 radical (unpaired) electrons. The normalized spacial score (nSPS) is 16.7. The monoisotopic (exact) mass is 230 g/mol. The van der Waals surface area contributed by atoms with E-state index in [1.807, 2.05) is 30.3 Å². The number of benzene rings is 1. The third kappa shape index (κ3) is 1.83. The fraction of sp³-hybridized carbons (Fsp3) is 0.308. The zero-order chi connectivity index (χ0) is 11.0. The molecule has 0 atom stereocenters. The van der Waals surface area contributed by atoms with Crippen LogP contribution in [0.5, 0.6) is 0 Å². The van der Waals surface area contributed by atoms with E-state index in [4.69, 9.17) is 4.99 Å². The van der Waals surface area contributed by atoms with Crippen molar-refractivity contribution >= 4 is 17.0 Å². The highest BCUT2D eigenvalue weighted by Gasteiger charge is 2.25. The van der Waals surface area contributed by atoms with Crippen molar-refractivity contribution in [2.45, 2.75) is 25.8 Å². The summed E-state index contributed by atoms with van der Waals surface area (Å²) in [6.07, 6.45) is 2.61. The maximum atomic E-state index is 4.70. The number of aryl methyl sites for hydroxylation is 1. The second-order valence-electron chi connectivity index (χ2n) is 4.21. The SMILES string of the molecule is Cc1csc(=Nc2ccccc2)n1C1CC1. The maximum absolute atomic E-state index is 4.70. The van der Waals surface area contributed by atoms with Crippen LogP contribution in [0.2, 0.25) is 0 Å². The second kappa shape index (κ2) is 3.91. The number of para-hydroxylation sites is 1. The van der Waals surface area contributed by atoms with Crippen molar-refractivity contribution in [2.75, 3.05) is 0 Å². The Balaban J connectivity index is 2.09. The van der Waals surface area contributed by atoms with Crippen LogP contribution in [0.1, 0.15) is 24.6 Å². The van der Waals surface area contributed by atoms with E-state index in [1.54, 1.807) is 11.3 Å². The number of nitrogens with zero attached hydrogens (tertiary/aromatic N) is 2. The maximum Gasteiger partial charge on any atom is 0.190 e. The van der Waals surface area contributed by atoms with Crippen LogP contribution < -0.4 is 4.80 Å². The van der Waals surface area contributed by atoms with Gasteiger partial charge in [0.05, 0.1) is 5.69 Å². The molecule has 0 amide bonds. The van der Waals surface area contributed by atoms with Gasteiger partial charge in [-0.05, 0) is 31.9 Å². The van der Waals surface area contributed by atoms with Crippen LogP contribution >= 0.6 is 11.3 Å². The number of hydrogen-bond acceptors (Lipinski definition) is 2. The molecule has 0 saturated heterocycles. The van der Waals surface area contributed by atoms with Gasteiger partial charge >= 0.3 is 0 Å². The molecule has 1 heterocycles. The topological polar surface area (TPSA) is 17.3 Å². The molecule has 2 nitrogen and oxygen atoms in total. The van der Waals surface area contributed by atoms with E-state index in [-0.39, 0.29) is 0 Å². The predicted octanol–water partition coefficient (Wildman–Crippen LogP) is 3.43. The lowest BCUT2D eigenvalue weighted by molar-refractivity contribution is 0.693. The van der Waals surface area contributed by atoms with Gasteiger partial charge in [0.2, 0.25) is 0 Å². The predicted molar refractivity (Wildman–Crippen MR) is 67.0 cm³/mol. The molecule has 16 heavy (non-hydrogen) atoms. The summed E-state index contributed by atoms with van der Waals surface area (Å²) in [4.78, 5) is 5.84. The van der Waals surface area contributed by atoms with Crippen molar-refractivity contribution < 1.29 is 0 Å². The highest BCUT2D eigenvalue weighted by molar-refractivity contribution is 7.07. The first-order valence-electron chi connectivity index (χ1n) is 5.61. The minimum Gasteiger partial charge on any atom is -0.318 e. The van der Waals surface area contributed by atoms with Crippen LogP contribution in [-0.4, -0.2) is 4.57 Å². The largest absolute Gasteiger partial charge is 0.318 e. The fourth-order valence-corrected chi connectivity index (χ4v) is 2.83. The molecule has 82 valence electrons. The van der Waals surface area contributed by atoms with E-state index >= 15 is 0 Å². The number of hydrogen-bond donors (Lipinski definition) is 0. The molecule has 0 unspecified atom stereocenters. The number of thiazole rings is 1. The first-order chi connectivity index (χ1) is 7.84. The molecular weight excluding hydrogens is 216 g/mol. The van der Waals surface area contributed by atoms with Gasteiger partial charge in [-0.3, -0.25) is 0 Å². The van der Waals surface area contributed by atoms with Gasteiger partial charge in [0.1, 0.15) is 0 Å². The average molecular weight is 230 g/mol. The highest BCUT2D eigenvalue weighted by atomic mass is 32.1. The second-order valence-corrected chi connectivity index (χ2v) is 5.04. The average Bonchev–Trinajstić information content (AvgIpc) is 3.07. The summed E-state index contributed by atoms with van der Waals surface area (Å²) in [6.45, 7) is 2.17. The summed E-state index contributed by atoms with van der Waals surface area (Å²) in [5.41, 5.74) is 2.38. The molecule has 1 aliphatic carbocycles. The fourth-order valence-electron chi connectivity index (χ4n) is 1.87. The molecule has 1 aromatic carbocycles. The quantitative estimate of drug-likeness (QED) is 0.752. The van der Waals surface area contributed by atoms with Crippen molar-refractivity contribution in [3.8, 4) is 0 Å². The molecular formula is C13H14N2S. The molecule has 0 N–H and O–H groups in total. The van der Waals surface area contributed by atoms with Gasteiger partial charge in [-0.1, -0.05) is 18.2 Å². The van der Waals surface area contributed by atoms with E-state index in [0.717, 1.165) is 10.5 Å². The molecule has 3 rings (SSSR count). The van der Waals surface area contributed by atoms with Crippen LogP contribution in [0.25, 0.3) is 0 Å². The Bertz CT molecular complexity index is 547. The van der Waals surface area contributed by atoms with Crippen molar-refractivity contribution in [3.05, 3.63) is 46.2 Å². The summed E-state index contributed by atoms with van der Waals surface area (Å²) in [5.74, 6) is 0. The van der Waals surface area contributed by atoms with Crippen LogP contribution in [-0.2, 0) is 0 Å². The molecule has 0 spiro atoms. The Morgan fingerprint density at radius 2 is 2.00 bits per heavy atom. The summed E-state index contributed by atoms with van der Waals surface area (Å²) in [6, 6.07) is 10.9. The minimum absolute atomic E-state index is 0.703. The third-order valence-corrected chi connectivity index (χ3v) is 3.77. The van der Waals surface area contributed by atoms with E-state index in [2.05, 4.69) is 16.9 Å². The lowest BCUT2D eigenvalue weighted by Gasteiger charge is -2.02. The van der Waals surface area contributed by atoms with Crippen molar-refractivity contribution in [2.24, 2.45) is 4.99 Å². The smallest absolute Gasteiger partial charge is 0.190 e. The standard InChI is InChI=1S/C13H14N2S/c1-10-9-16-13(15(10)12-7-8-12)14-11-5-3-2-4-6-11/h2-6,9,12H,7-8H2,1H3. The van der Waals surface area contributed by atoms with Crippen LogP contribution in [0, 0.1) is 6.92 Å². The molecule has 1 saturated carbocycles. The summed E-state index contributed by atoms with van der Waals surface area (Å²) >= 11 is 1.74. The Morgan fingerprint density at radius 3 is 2.69 bits per heavy atom. The molecule has 0 bridgehead atoms. The van der Waals surface area contributed by atoms with Gasteiger partial charge in [-0.2, -0.15) is 0 Å². The van der Waals surface area contributed by atoms with Gasteiger partial charge in [-0.25, -0.2) is 4.99 Å². The summed E-state index contributed by atoms with van der Waals surface area (Å²) < 4.78 is 2.37. The van der Waals surface area contributed by atoms with Gasteiger partial charge < -0.3 is 4.57 Å². The first-order valence-corrected chi connectivity index (χ1v) is 6.49. The highest BCUT2D eigenvalue weighted by Crippen LogP contribution is 2.35. The van der Waals surface area contributed by atoms with E-state index < -0.39 is 0 Å². The van der Waals surface area contributed by atoms with Gasteiger partial charge in [0, 0.05) is 17.1 Å². The van der Waals surface area contributed by atoms with E-state index in [0.29, 0.717) is 6.04 Å². The Labute approximate surface area is 98.9 Å². The Morgan fingerprint density at radius 1 is 1.25 bits per heavy atom. The van der Waals surface area contributed by atoms with E-state index in [9.17, 15) is 0 Å². The van der Waals surface area contributed by atoms with Gasteiger partial charge in [-0.15, -0.1) is 11.3 Å². The summed E-state index contributed by atoms with van der Waals surface area (Å²) in [5, 5.41) is 2.19. The zero-order valence-electron chi connectivity index (χ0n) is 9.26. The first kappa shape index (κ1) is 9.85. The van der Waals surface area contributed by atoms with Crippen LogP contribution in [0.4, 0.5) is 5.69 Å². The van der Waals surface area contributed by atoms with Crippen LogP contribution in [0.15, 0.2) is 40.7 Å². The van der Waals surface area contributed by atoms with Gasteiger partial charge in [0.15, 0.2) is 4.80 Å². The number of rotatable bonds is 2. The van der Waals surface area contributed by atoms with Crippen LogP contribution in [0.3, 0.4) is 0 Å². The Kier molecular flexibility index (Phi) is 2.40. The molecule has 1 aromatic heterocycles. The lowest BCUT2D eigenvalue weighted by atomic mass is 10.3. The summed E-state index contributed by atoms with van der Waals surface area (Å²) in [7, 11) is 0. The van der Waals surface area contributed by atoms with Crippen molar-refractivity contribution in [3.63, 3.8) is 0 Å².